The molecule has 3 rings (SSSR count). The van der Waals surface area contributed by atoms with Crippen molar-refractivity contribution in [2.45, 2.75) is 18.8 Å². The Morgan fingerprint density at radius 3 is 2.92 bits per heavy atom. The zero-order chi connectivity index (χ0) is 18.0. The summed E-state index contributed by atoms with van der Waals surface area (Å²) in [5, 5.41) is 24.3. The summed E-state index contributed by atoms with van der Waals surface area (Å²) in [6, 6.07) is 6.49. The molecule has 1 saturated heterocycles. The molecule has 130 valence electrons. The Balaban J connectivity index is 1.86. The van der Waals surface area contributed by atoms with E-state index in [9.17, 15) is 10.1 Å². The second-order valence-corrected chi connectivity index (χ2v) is 6.18. The first-order chi connectivity index (χ1) is 12.0. The Labute approximate surface area is 144 Å². The number of nitriles is 1. The highest BCUT2D eigenvalue weighted by Crippen LogP contribution is 2.35. The van der Waals surface area contributed by atoms with Gasteiger partial charge in [0.05, 0.1) is 22.5 Å². The fourth-order valence-corrected chi connectivity index (χ4v) is 2.98. The summed E-state index contributed by atoms with van der Waals surface area (Å²) in [4.78, 5) is 19.0. The Hall–Kier alpha value is -3.15. The van der Waals surface area contributed by atoms with Gasteiger partial charge in [-0.2, -0.15) is 10.2 Å². The first kappa shape index (κ1) is 16.7. The van der Waals surface area contributed by atoms with E-state index in [1.807, 2.05) is 25.1 Å². The number of benzene rings is 1. The molecule has 9 nitrogen and oxygen atoms in total. The summed E-state index contributed by atoms with van der Waals surface area (Å²) >= 11 is 0. The molecule has 1 atom stereocenters. The summed E-state index contributed by atoms with van der Waals surface area (Å²) in [5.74, 6) is 1.08. The molecule has 0 amide bonds. The van der Waals surface area contributed by atoms with Gasteiger partial charge in [0.1, 0.15) is 5.69 Å². The van der Waals surface area contributed by atoms with E-state index in [-0.39, 0.29) is 17.2 Å². The summed E-state index contributed by atoms with van der Waals surface area (Å²) in [6.07, 6.45) is 1.75. The number of nitrogens with zero attached hydrogens (tertiary/aromatic N) is 6. The average molecular weight is 342 g/mol. The van der Waals surface area contributed by atoms with Crippen molar-refractivity contribution in [2.75, 3.05) is 37.0 Å². The van der Waals surface area contributed by atoms with E-state index >= 15 is 0 Å². The Kier molecular flexibility index (Phi) is 4.52. The molecular weight excluding hydrogens is 324 g/mol. The van der Waals surface area contributed by atoms with Gasteiger partial charge >= 0.3 is 0 Å². The lowest BCUT2D eigenvalue weighted by atomic mass is 9.97. The third-order valence-corrected chi connectivity index (χ3v) is 4.24. The van der Waals surface area contributed by atoms with Crippen molar-refractivity contribution < 1.29 is 9.45 Å². The van der Waals surface area contributed by atoms with Crippen LogP contribution in [0.15, 0.2) is 22.7 Å². The zero-order valence-electron chi connectivity index (χ0n) is 14.0. The molecule has 1 aromatic heterocycles. The molecule has 0 bridgehead atoms. The summed E-state index contributed by atoms with van der Waals surface area (Å²) in [7, 11) is 3.67. The van der Waals surface area contributed by atoms with E-state index < -0.39 is 4.92 Å². The lowest BCUT2D eigenvalue weighted by Gasteiger charge is -2.32. The summed E-state index contributed by atoms with van der Waals surface area (Å²) in [5.41, 5.74) is 0.733. The molecule has 1 unspecified atom stereocenters. The molecule has 1 aliphatic rings. The highest BCUT2D eigenvalue weighted by molar-refractivity contribution is 5.66. The third kappa shape index (κ3) is 3.38. The van der Waals surface area contributed by atoms with Gasteiger partial charge in [-0.3, -0.25) is 10.1 Å². The molecule has 1 fully saturated rings. The average Bonchev–Trinajstić information content (AvgIpc) is 3.11. The van der Waals surface area contributed by atoms with Gasteiger partial charge in [-0.05, 0) is 30.1 Å². The fourth-order valence-electron chi connectivity index (χ4n) is 2.98. The van der Waals surface area contributed by atoms with E-state index in [4.69, 9.17) is 9.78 Å². The number of rotatable bonds is 4. The molecule has 0 saturated carbocycles. The maximum atomic E-state index is 11.4. The molecule has 25 heavy (non-hydrogen) atoms. The van der Waals surface area contributed by atoms with E-state index in [1.54, 1.807) is 17.0 Å². The minimum Gasteiger partial charge on any atom is -0.365 e. The van der Waals surface area contributed by atoms with Crippen molar-refractivity contribution >= 4 is 17.3 Å². The van der Waals surface area contributed by atoms with Crippen molar-refractivity contribution in [1.82, 2.24) is 10.1 Å². The van der Waals surface area contributed by atoms with Gasteiger partial charge in [-0.1, -0.05) is 0 Å². The quantitative estimate of drug-likeness (QED) is 0.614. The smallest absolute Gasteiger partial charge is 0.293 e. The first-order valence-electron chi connectivity index (χ1n) is 7.94. The summed E-state index contributed by atoms with van der Waals surface area (Å²) < 4.78 is 5.36. The number of nitro groups is 1. The van der Waals surface area contributed by atoms with Gasteiger partial charge in [0.2, 0.25) is 5.89 Å². The molecule has 0 spiro atoms. The number of piperidine rings is 1. The van der Waals surface area contributed by atoms with Crippen LogP contribution in [-0.4, -0.2) is 42.2 Å². The Morgan fingerprint density at radius 1 is 1.48 bits per heavy atom. The van der Waals surface area contributed by atoms with E-state index in [0.29, 0.717) is 30.6 Å². The monoisotopic (exact) mass is 342 g/mol. The maximum absolute atomic E-state index is 11.4. The van der Waals surface area contributed by atoms with Gasteiger partial charge in [-0.25, -0.2) is 0 Å². The fraction of sp³-hybridized carbons (Fsp3) is 0.438. The van der Waals surface area contributed by atoms with Crippen molar-refractivity contribution in [3.8, 4) is 6.07 Å². The molecule has 1 aromatic carbocycles. The summed E-state index contributed by atoms with van der Waals surface area (Å²) in [6.45, 7) is 1.26. The van der Waals surface area contributed by atoms with Crippen LogP contribution in [0.1, 0.15) is 30.2 Å². The zero-order valence-corrected chi connectivity index (χ0v) is 14.0. The van der Waals surface area contributed by atoms with Gasteiger partial charge in [-0.15, -0.1) is 0 Å². The van der Waals surface area contributed by atoms with E-state index in [0.717, 1.165) is 12.8 Å². The van der Waals surface area contributed by atoms with Gasteiger partial charge < -0.3 is 14.3 Å². The van der Waals surface area contributed by atoms with Crippen LogP contribution in [0.2, 0.25) is 0 Å². The molecule has 0 radical (unpaired) electrons. The lowest BCUT2D eigenvalue weighted by molar-refractivity contribution is -0.384. The molecular formula is C16H18N6O3. The molecule has 9 heteroatoms. The minimum atomic E-state index is -0.448. The number of aromatic nitrogens is 2. The number of anilines is 2. The second-order valence-electron chi connectivity index (χ2n) is 6.18. The van der Waals surface area contributed by atoms with Crippen molar-refractivity contribution in [3.63, 3.8) is 0 Å². The van der Waals surface area contributed by atoms with Gasteiger partial charge in [0.15, 0.2) is 0 Å². The maximum Gasteiger partial charge on any atom is 0.293 e. The van der Waals surface area contributed by atoms with Gasteiger partial charge in [0.25, 0.3) is 11.6 Å². The van der Waals surface area contributed by atoms with Crippen LogP contribution in [0.4, 0.5) is 17.3 Å². The van der Waals surface area contributed by atoms with E-state index in [2.05, 4.69) is 10.1 Å². The van der Waals surface area contributed by atoms with Crippen LogP contribution in [0, 0.1) is 21.4 Å². The van der Waals surface area contributed by atoms with E-state index in [1.165, 1.54) is 6.07 Å². The van der Waals surface area contributed by atoms with Gasteiger partial charge in [0, 0.05) is 33.3 Å². The number of hydrogen-bond donors (Lipinski definition) is 0. The highest BCUT2D eigenvalue weighted by Gasteiger charge is 2.29. The van der Waals surface area contributed by atoms with Crippen molar-refractivity contribution in [2.24, 2.45) is 0 Å². The van der Waals surface area contributed by atoms with Crippen LogP contribution in [0.5, 0.6) is 0 Å². The minimum absolute atomic E-state index is 0.0187. The standard InChI is InChI=1S/C16H18N6O3/c1-20(2)16-18-15(25-19-16)12-4-3-7-21(10-12)13-6-5-11(9-17)8-14(13)22(23)24/h5-6,8,12H,3-4,7,10H2,1-2H3. The van der Waals surface area contributed by atoms with Crippen molar-refractivity contribution in [1.29, 1.82) is 5.26 Å². The molecule has 0 N–H and O–H groups in total. The van der Waals surface area contributed by atoms with Crippen LogP contribution >= 0.6 is 0 Å². The van der Waals surface area contributed by atoms with Crippen LogP contribution in [0.25, 0.3) is 0 Å². The SMILES string of the molecule is CN(C)c1noc(C2CCCN(c3ccc(C#N)cc3[N+](=O)[O-])C2)n1. The molecule has 0 aliphatic carbocycles. The molecule has 2 heterocycles. The molecule has 2 aromatic rings. The largest absolute Gasteiger partial charge is 0.365 e. The number of hydrogen-bond acceptors (Lipinski definition) is 8. The number of nitro benzene ring substituents is 1. The Bertz CT molecular complexity index is 826. The third-order valence-electron chi connectivity index (χ3n) is 4.24. The second kappa shape index (κ2) is 6.76. The Morgan fingerprint density at radius 2 is 2.28 bits per heavy atom. The van der Waals surface area contributed by atoms with Crippen LogP contribution in [-0.2, 0) is 0 Å². The lowest BCUT2D eigenvalue weighted by Crippen LogP contribution is -2.35. The first-order valence-corrected chi connectivity index (χ1v) is 7.94. The van der Waals surface area contributed by atoms with Crippen LogP contribution in [0.3, 0.4) is 0 Å². The van der Waals surface area contributed by atoms with Crippen LogP contribution < -0.4 is 9.80 Å². The normalized spacial score (nSPS) is 17.2. The highest BCUT2D eigenvalue weighted by atomic mass is 16.6. The topological polar surface area (TPSA) is 112 Å². The predicted molar refractivity (Wildman–Crippen MR) is 90.6 cm³/mol. The van der Waals surface area contributed by atoms with Crippen molar-refractivity contribution in [3.05, 3.63) is 39.8 Å². The predicted octanol–water partition coefficient (Wildman–Crippen LogP) is 2.30. The molecule has 1 aliphatic heterocycles.